The van der Waals surface area contributed by atoms with Gasteiger partial charge in [-0.1, -0.05) is 6.07 Å². The van der Waals surface area contributed by atoms with E-state index in [0.717, 1.165) is 17.4 Å². The molecule has 1 atom stereocenters. The lowest BCUT2D eigenvalue weighted by Gasteiger charge is -2.23. The predicted octanol–water partition coefficient (Wildman–Crippen LogP) is 1.99. The first kappa shape index (κ1) is 13.7. The Kier molecular flexibility index (Phi) is 3.20. The van der Waals surface area contributed by atoms with E-state index in [4.69, 9.17) is 10.5 Å². The molecule has 7 heteroatoms. The molecule has 1 aromatic carbocycles. The van der Waals surface area contributed by atoms with Crippen LogP contribution < -0.4 is 15.8 Å². The highest BCUT2D eigenvalue weighted by molar-refractivity contribution is 6.08. The molecule has 2 aromatic heterocycles. The number of H-pyrrole nitrogens is 1. The number of rotatable bonds is 2. The van der Waals surface area contributed by atoms with Gasteiger partial charge in [-0.3, -0.25) is 9.89 Å². The number of carbonyl (C=O) groups is 1. The molecule has 23 heavy (non-hydrogen) atoms. The Morgan fingerprint density at radius 1 is 1.39 bits per heavy atom. The lowest BCUT2D eigenvalue weighted by Crippen LogP contribution is -2.21. The number of hydrogen-bond acceptors (Lipinski definition) is 5. The number of hydrogen-bond donors (Lipinski definition) is 3. The summed E-state index contributed by atoms with van der Waals surface area (Å²) in [6.07, 6.45) is 4.03. The summed E-state index contributed by atoms with van der Waals surface area (Å²) in [5, 5.41) is 10.3. The molecule has 116 valence electrons. The Balaban J connectivity index is 1.63. The van der Waals surface area contributed by atoms with Crippen LogP contribution in [0.1, 0.15) is 28.4 Å². The number of ether oxygens (including phenoxy) is 1. The van der Waals surface area contributed by atoms with Crippen LogP contribution in [0.4, 0.5) is 5.69 Å². The smallest absolute Gasteiger partial charge is 0.255 e. The highest BCUT2D eigenvalue weighted by atomic mass is 16.5. The Morgan fingerprint density at radius 2 is 2.30 bits per heavy atom. The number of nitrogens with zero attached hydrogens (tertiary/aromatic N) is 2. The summed E-state index contributed by atoms with van der Waals surface area (Å²) < 4.78 is 5.61. The van der Waals surface area contributed by atoms with Crippen LogP contribution >= 0.6 is 0 Å². The maximum Gasteiger partial charge on any atom is 0.255 e. The fourth-order valence-electron chi connectivity index (χ4n) is 2.71. The van der Waals surface area contributed by atoms with Crippen molar-refractivity contribution in [2.45, 2.75) is 12.5 Å². The van der Waals surface area contributed by atoms with Crippen molar-refractivity contribution in [2.24, 2.45) is 5.73 Å². The first-order valence-electron chi connectivity index (χ1n) is 7.34. The maximum absolute atomic E-state index is 12.5. The fourth-order valence-corrected chi connectivity index (χ4v) is 2.71. The normalized spacial score (nSPS) is 16.7. The molecule has 3 aromatic rings. The highest BCUT2D eigenvalue weighted by Crippen LogP contribution is 2.31. The third-order valence-corrected chi connectivity index (χ3v) is 3.96. The number of nitrogens with one attached hydrogen (secondary N) is 2. The van der Waals surface area contributed by atoms with E-state index in [1.165, 1.54) is 0 Å². The second-order valence-corrected chi connectivity index (χ2v) is 5.44. The number of anilines is 1. The quantitative estimate of drug-likeness (QED) is 0.671. The van der Waals surface area contributed by atoms with E-state index in [1.807, 2.05) is 6.07 Å². The number of amides is 1. The van der Waals surface area contributed by atoms with Gasteiger partial charge in [0.2, 0.25) is 0 Å². The summed E-state index contributed by atoms with van der Waals surface area (Å²) in [4.78, 5) is 16.6. The van der Waals surface area contributed by atoms with Crippen LogP contribution in [0.3, 0.4) is 0 Å². The molecule has 0 radical (unpaired) electrons. The zero-order valence-corrected chi connectivity index (χ0v) is 12.2. The second kappa shape index (κ2) is 5.36. The molecule has 1 amide bonds. The third kappa shape index (κ3) is 2.40. The average molecular weight is 309 g/mol. The van der Waals surface area contributed by atoms with Crippen LogP contribution in [-0.4, -0.2) is 27.7 Å². The summed E-state index contributed by atoms with van der Waals surface area (Å²) in [5.41, 5.74) is 8.79. The van der Waals surface area contributed by atoms with Crippen molar-refractivity contribution in [1.29, 1.82) is 0 Å². The summed E-state index contributed by atoms with van der Waals surface area (Å²) in [5.74, 6) is 0.462. The molecule has 1 aliphatic heterocycles. The van der Waals surface area contributed by atoms with Gasteiger partial charge in [-0.25, -0.2) is 4.98 Å². The van der Waals surface area contributed by atoms with Crippen LogP contribution in [0.5, 0.6) is 5.75 Å². The van der Waals surface area contributed by atoms with Crippen LogP contribution in [-0.2, 0) is 0 Å². The van der Waals surface area contributed by atoms with Crippen molar-refractivity contribution >= 4 is 22.6 Å². The van der Waals surface area contributed by atoms with Crippen molar-refractivity contribution in [3.8, 4) is 5.75 Å². The molecule has 0 unspecified atom stereocenters. The van der Waals surface area contributed by atoms with E-state index >= 15 is 0 Å². The van der Waals surface area contributed by atoms with Gasteiger partial charge in [-0.05, 0) is 18.2 Å². The largest absolute Gasteiger partial charge is 0.493 e. The number of aromatic amines is 1. The summed E-state index contributed by atoms with van der Waals surface area (Å²) in [6, 6.07) is 7.05. The van der Waals surface area contributed by atoms with Crippen molar-refractivity contribution in [2.75, 3.05) is 11.9 Å². The van der Waals surface area contributed by atoms with Gasteiger partial charge < -0.3 is 15.8 Å². The number of aromatic nitrogens is 3. The zero-order chi connectivity index (χ0) is 15.8. The van der Waals surface area contributed by atoms with E-state index in [2.05, 4.69) is 20.5 Å². The zero-order valence-electron chi connectivity index (χ0n) is 12.2. The van der Waals surface area contributed by atoms with Gasteiger partial charge in [0.15, 0.2) is 5.65 Å². The van der Waals surface area contributed by atoms with Crippen molar-refractivity contribution in [1.82, 2.24) is 15.2 Å². The number of fused-ring (bicyclic) bond motifs is 2. The maximum atomic E-state index is 12.5. The lowest BCUT2D eigenvalue weighted by molar-refractivity contribution is 0.102. The van der Waals surface area contributed by atoms with Crippen LogP contribution in [0.2, 0.25) is 0 Å². The monoisotopic (exact) mass is 309 g/mol. The molecular formula is C16H15N5O2. The molecule has 3 heterocycles. The van der Waals surface area contributed by atoms with Crippen LogP contribution in [0.15, 0.2) is 36.7 Å². The topological polar surface area (TPSA) is 106 Å². The number of pyridine rings is 1. The molecule has 0 bridgehead atoms. The lowest BCUT2D eigenvalue weighted by atomic mass is 9.99. The van der Waals surface area contributed by atoms with Gasteiger partial charge in [-0.2, -0.15) is 5.10 Å². The number of nitrogens with two attached hydrogens (primary N) is 1. The molecule has 4 rings (SSSR count). The first-order valence-corrected chi connectivity index (χ1v) is 7.34. The Morgan fingerprint density at radius 3 is 3.22 bits per heavy atom. The third-order valence-electron chi connectivity index (χ3n) is 3.96. The van der Waals surface area contributed by atoms with Gasteiger partial charge >= 0.3 is 0 Å². The Bertz CT molecular complexity index is 889. The molecule has 0 saturated heterocycles. The van der Waals surface area contributed by atoms with Gasteiger partial charge in [0.1, 0.15) is 5.75 Å². The predicted molar refractivity (Wildman–Crippen MR) is 85.3 cm³/mol. The van der Waals surface area contributed by atoms with E-state index in [0.29, 0.717) is 29.3 Å². The first-order chi connectivity index (χ1) is 11.2. The number of carbonyl (C=O) groups excluding carboxylic acids is 1. The molecule has 4 N–H and O–H groups in total. The van der Waals surface area contributed by atoms with E-state index in [1.54, 1.807) is 30.6 Å². The van der Waals surface area contributed by atoms with Gasteiger partial charge in [0, 0.05) is 29.8 Å². The van der Waals surface area contributed by atoms with Gasteiger partial charge in [-0.15, -0.1) is 0 Å². The SMILES string of the molecule is N[C@@H]1CCOc2cc(C(=O)Nc3ccnc4[nH]ncc34)ccc21. The number of benzene rings is 1. The Hall–Kier alpha value is -2.93. The highest BCUT2D eigenvalue weighted by Gasteiger charge is 2.20. The minimum atomic E-state index is -0.218. The summed E-state index contributed by atoms with van der Waals surface area (Å²) >= 11 is 0. The Labute approximate surface area is 131 Å². The molecule has 0 saturated carbocycles. The molecule has 7 nitrogen and oxygen atoms in total. The van der Waals surface area contributed by atoms with Crippen molar-refractivity contribution in [3.63, 3.8) is 0 Å². The summed E-state index contributed by atoms with van der Waals surface area (Å²) in [7, 11) is 0. The van der Waals surface area contributed by atoms with E-state index < -0.39 is 0 Å². The molecular weight excluding hydrogens is 294 g/mol. The summed E-state index contributed by atoms with van der Waals surface area (Å²) in [6.45, 7) is 0.569. The molecule has 1 aliphatic rings. The second-order valence-electron chi connectivity index (χ2n) is 5.44. The molecule has 0 aliphatic carbocycles. The standard InChI is InChI=1S/C16H15N5O2/c17-12-4-6-23-14-7-9(1-2-10(12)14)16(22)20-13-3-5-18-15-11(13)8-19-21-15/h1-3,5,7-8,12H,4,6,17H2,(H2,18,19,20,21,22)/t12-/m1/s1. The van der Waals surface area contributed by atoms with E-state index in [-0.39, 0.29) is 11.9 Å². The van der Waals surface area contributed by atoms with E-state index in [9.17, 15) is 4.79 Å². The van der Waals surface area contributed by atoms with Crippen molar-refractivity contribution in [3.05, 3.63) is 47.8 Å². The van der Waals surface area contributed by atoms with Gasteiger partial charge in [0.25, 0.3) is 5.91 Å². The van der Waals surface area contributed by atoms with Crippen LogP contribution in [0.25, 0.3) is 11.0 Å². The molecule has 0 fully saturated rings. The minimum absolute atomic E-state index is 0.0402. The minimum Gasteiger partial charge on any atom is -0.493 e. The average Bonchev–Trinajstić information content (AvgIpc) is 3.04. The fraction of sp³-hybridized carbons (Fsp3) is 0.188. The van der Waals surface area contributed by atoms with Crippen molar-refractivity contribution < 1.29 is 9.53 Å². The van der Waals surface area contributed by atoms with Crippen LogP contribution in [0, 0.1) is 0 Å². The van der Waals surface area contributed by atoms with Gasteiger partial charge in [0.05, 0.1) is 23.9 Å². The molecule has 0 spiro atoms.